The summed E-state index contributed by atoms with van der Waals surface area (Å²) in [5.74, 6) is -0.0406. The van der Waals surface area contributed by atoms with E-state index in [1.54, 1.807) is 55.5 Å². The van der Waals surface area contributed by atoms with Crippen molar-refractivity contribution in [2.75, 3.05) is 6.54 Å². The molecule has 0 bridgehead atoms. The molecule has 0 spiro atoms. The standard InChI is InChI=1S/C19H23N2O4P/c1-15(20)19(22)21-14-8-13-18(21)26(23,24-16-9-4-2-5-10-16)25-17-11-6-3-7-12-17/h2-7,9-12,15,18H,8,13-14,20H2,1H3. The first-order chi connectivity index (χ1) is 12.5. The molecule has 3 rings (SSSR count). The van der Waals surface area contributed by atoms with E-state index in [1.807, 2.05) is 12.1 Å². The first-order valence-corrected chi connectivity index (χ1v) is 10.3. The fourth-order valence-electron chi connectivity index (χ4n) is 2.99. The van der Waals surface area contributed by atoms with Crippen molar-refractivity contribution < 1.29 is 18.4 Å². The van der Waals surface area contributed by atoms with Gasteiger partial charge in [-0.1, -0.05) is 36.4 Å². The number of carbonyl (C=O) groups excluding carboxylic acids is 1. The Labute approximate surface area is 153 Å². The summed E-state index contributed by atoms with van der Waals surface area (Å²) in [7, 11) is -3.71. The van der Waals surface area contributed by atoms with Crippen molar-refractivity contribution in [3.05, 3.63) is 60.7 Å². The highest BCUT2D eigenvalue weighted by Crippen LogP contribution is 2.56. The van der Waals surface area contributed by atoms with E-state index in [4.69, 9.17) is 14.8 Å². The number of likely N-dealkylation sites (tertiary alicyclic amines) is 1. The Kier molecular flexibility index (Phi) is 5.64. The lowest BCUT2D eigenvalue weighted by molar-refractivity contribution is -0.132. The molecule has 2 atom stereocenters. The highest BCUT2D eigenvalue weighted by Gasteiger charge is 2.48. The highest BCUT2D eigenvalue weighted by atomic mass is 31.2. The second-order valence-electron chi connectivity index (χ2n) is 6.29. The third-order valence-corrected chi connectivity index (χ3v) is 6.41. The lowest BCUT2D eigenvalue weighted by atomic mass is 10.3. The minimum Gasteiger partial charge on any atom is -0.415 e. The molecule has 1 aliphatic heterocycles. The summed E-state index contributed by atoms with van der Waals surface area (Å²) in [4.78, 5) is 14.0. The van der Waals surface area contributed by atoms with E-state index in [9.17, 15) is 9.36 Å². The van der Waals surface area contributed by atoms with E-state index >= 15 is 0 Å². The summed E-state index contributed by atoms with van der Waals surface area (Å²) in [6, 6.07) is 17.1. The lowest BCUT2D eigenvalue weighted by Crippen LogP contribution is -2.45. The van der Waals surface area contributed by atoms with E-state index in [0.717, 1.165) is 6.42 Å². The number of rotatable bonds is 6. The van der Waals surface area contributed by atoms with Crippen molar-refractivity contribution in [2.45, 2.75) is 31.6 Å². The third-order valence-electron chi connectivity index (χ3n) is 4.21. The van der Waals surface area contributed by atoms with Gasteiger partial charge in [-0.15, -0.1) is 0 Å². The van der Waals surface area contributed by atoms with Crippen LogP contribution in [0.15, 0.2) is 60.7 Å². The van der Waals surface area contributed by atoms with Gasteiger partial charge in [0.25, 0.3) is 0 Å². The molecule has 138 valence electrons. The number of para-hydroxylation sites is 2. The molecule has 1 amide bonds. The summed E-state index contributed by atoms with van der Waals surface area (Å²) >= 11 is 0. The number of hydrogen-bond donors (Lipinski definition) is 1. The van der Waals surface area contributed by atoms with Gasteiger partial charge in [0.1, 0.15) is 11.5 Å². The largest absolute Gasteiger partial charge is 0.453 e. The summed E-state index contributed by atoms with van der Waals surface area (Å²) in [5.41, 5.74) is 5.76. The Morgan fingerprint density at radius 1 is 1.08 bits per heavy atom. The smallest absolute Gasteiger partial charge is 0.415 e. The fourth-order valence-corrected chi connectivity index (χ4v) is 5.17. The zero-order valence-electron chi connectivity index (χ0n) is 14.7. The summed E-state index contributed by atoms with van der Waals surface area (Å²) in [5, 5.41) is 0. The molecule has 1 aliphatic rings. The van der Waals surface area contributed by atoms with Gasteiger partial charge in [0.05, 0.1) is 6.04 Å². The van der Waals surface area contributed by atoms with Crippen LogP contribution in [0.5, 0.6) is 11.5 Å². The van der Waals surface area contributed by atoms with Gasteiger partial charge in [0, 0.05) is 6.54 Å². The van der Waals surface area contributed by atoms with Crippen LogP contribution in [-0.4, -0.2) is 29.2 Å². The molecule has 2 aromatic carbocycles. The maximum Gasteiger partial charge on any atom is 0.453 e. The predicted molar refractivity (Wildman–Crippen MR) is 100 cm³/mol. The summed E-state index contributed by atoms with van der Waals surface area (Å²) in [6.07, 6.45) is 1.26. The number of nitrogens with two attached hydrogens (primary N) is 1. The first kappa shape index (κ1) is 18.5. The minimum absolute atomic E-state index is 0.249. The van der Waals surface area contributed by atoms with Gasteiger partial charge in [0.2, 0.25) is 5.91 Å². The van der Waals surface area contributed by atoms with Gasteiger partial charge >= 0.3 is 7.60 Å². The molecule has 0 aliphatic carbocycles. The Morgan fingerprint density at radius 2 is 1.58 bits per heavy atom. The molecule has 26 heavy (non-hydrogen) atoms. The van der Waals surface area contributed by atoms with Crippen LogP contribution in [0.3, 0.4) is 0 Å². The minimum atomic E-state index is -3.71. The molecule has 0 radical (unpaired) electrons. The molecule has 0 saturated carbocycles. The zero-order valence-corrected chi connectivity index (χ0v) is 15.5. The van der Waals surface area contributed by atoms with Crippen molar-refractivity contribution in [3.63, 3.8) is 0 Å². The van der Waals surface area contributed by atoms with Gasteiger partial charge in [-0.2, -0.15) is 0 Å². The van der Waals surface area contributed by atoms with E-state index in [2.05, 4.69) is 0 Å². The van der Waals surface area contributed by atoms with Crippen LogP contribution in [-0.2, 0) is 9.36 Å². The van der Waals surface area contributed by atoms with Gasteiger partial charge in [0.15, 0.2) is 5.78 Å². The molecule has 1 heterocycles. The average molecular weight is 374 g/mol. The maximum absolute atomic E-state index is 13.8. The average Bonchev–Trinajstić information content (AvgIpc) is 3.13. The van der Waals surface area contributed by atoms with E-state index in [1.165, 1.54) is 4.90 Å². The number of amides is 1. The monoisotopic (exact) mass is 374 g/mol. The van der Waals surface area contributed by atoms with Crippen molar-refractivity contribution >= 4 is 13.5 Å². The maximum atomic E-state index is 13.8. The molecule has 0 aromatic heterocycles. The van der Waals surface area contributed by atoms with Crippen LogP contribution in [0.1, 0.15) is 19.8 Å². The van der Waals surface area contributed by atoms with Crippen molar-refractivity contribution in [1.82, 2.24) is 4.90 Å². The van der Waals surface area contributed by atoms with Crippen LogP contribution < -0.4 is 14.8 Å². The fraction of sp³-hybridized carbons (Fsp3) is 0.316. The van der Waals surface area contributed by atoms with Crippen LogP contribution >= 0.6 is 7.60 Å². The molecular formula is C19H23N2O4P. The Morgan fingerprint density at radius 3 is 2.04 bits per heavy atom. The zero-order chi connectivity index (χ0) is 18.6. The number of hydrogen-bond acceptors (Lipinski definition) is 5. The Balaban J connectivity index is 1.94. The molecule has 2 N–H and O–H groups in total. The second-order valence-corrected chi connectivity index (χ2v) is 8.33. The first-order valence-electron chi connectivity index (χ1n) is 8.65. The molecule has 7 heteroatoms. The summed E-state index contributed by atoms with van der Waals surface area (Å²) in [6.45, 7) is 2.12. The Hall–Kier alpha value is -2.30. The van der Waals surface area contributed by atoms with Crippen LogP contribution in [0.4, 0.5) is 0 Å². The van der Waals surface area contributed by atoms with Crippen molar-refractivity contribution in [3.8, 4) is 11.5 Å². The van der Waals surface area contributed by atoms with E-state index in [0.29, 0.717) is 24.5 Å². The van der Waals surface area contributed by atoms with Gasteiger partial charge < -0.3 is 19.7 Å². The number of benzene rings is 2. The number of carbonyl (C=O) groups is 1. The topological polar surface area (TPSA) is 81.9 Å². The van der Waals surface area contributed by atoms with Crippen LogP contribution in [0, 0.1) is 0 Å². The lowest BCUT2D eigenvalue weighted by Gasteiger charge is -2.31. The van der Waals surface area contributed by atoms with E-state index < -0.39 is 19.4 Å². The molecule has 1 saturated heterocycles. The predicted octanol–water partition coefficient (Wildman–Crippen LogP) is 3.63. The SMILES string of the molecule is CC(N)C(=O)N1CCCC1P(=O)(Oc1ccccc1)Oc1ccccc1. The van der Waals surface area contributed by atoms with Gasteiger partial charge in [-0.25, -0.2) is 4.57 Å². The Bertz CT molecular complexity index is 737. The van der Waals surface area contributed by atoms with Crippen LogP contribution in [0.25, 0.3) is 0 Å². The molecular weight excluding hydrogens is 351 g/mol. The molecule has 2 aromatic rings. The third kappa shape index (κ3) is 4.09. The molecule has 6 nitrogen and oxygen atoms in total. The molecule has 2 unspecified atom stereocenters. The van der Waals surface area contributed by atoms with E-state index in [-0.39, 0.29) is 5.91 Å². The van der Waals surface area contributed by atoms with Crippen molar-refractivity contribution in [1.29, 1.82) is 0 Å². The van der Waals surface area contributed by atoms with Crippen molar-refractivity contribution in [2.24, 2.45) is 5.73 Å². The normalized spacial score (nSPS) is 18.4. The van der Waals surface area contributed by atoms with Gasteiger partial charge in [-0.3, -0.25) is 4.79 Å². The quantitative estimate of drug-likeness (QED) is 0.781. The molecule has 1 fully saturated rings. The summed E-state index contributed by atoms with van der Waals surface area (Å²) < 4.78 is 25.5. The number of nitrogens with zero attached hydrogens (tertiary/aromatic N) is 1. The highest BCUT2D eigenvalue weighted by molar-refractivity contribution is 7.55. The van der Waals surface area contributed by atoms with Crippen LogP contribution in [0.2, 0.25) is 0 Å². The van der Waals surface area contributed by atoms with Gasteiger partial charge in [-0.05, 0) is 44.0 Å². The second kappa shape index (κ2) is 7.94.